The number of allylic oxidation sites excluding steroid dienone is 1. The van der Waals surface area contributed by atoms with Crippen LogP contribution in [-0.2, 0) is 11.8 Å². The first-order valence-electron chi connectivity index (χ1n) is 18.1. The van der Waals surface area contributed by atoms with Crippen molar-refractivity contribution in [3.63, 3.8) is 0 Å². The van der Waals surface area contributed by atoms with Gasteiger partial charge in [0, 0.05) is 38.8 Å². The Bertz CT molecular complexity index is 2660. The molecule has 0 unspecified atom stereocenters. The third-order valence-corrected chi connectivity index (χ3v) is 11.3. The molecule has 0 fully saturated rings. The molecule has 1 aromatic heterocycles. The maximum Gasteiger partial charge on any atom is 0.0561 e. The highest BCUT2D eigenvalue weighted by molar-refractivity contribution is 6.10. The zero-order valence-corrected chi connectivity index (χ0v) is 29.0. The Kier molecular flexibility index (Phi) is 6.69. The van der Waals surface area contributed by atoms with Gasteiger partial charge in [-0.2, -0.15) is 0 Å². The SMILES string of the molecule is CC1(C)C2=C(c3ccc(N(c4ccc5c6ccccc6n(-c6ccccc6)c5c4)c4ccccc4-c4ccccc4)cc3CC2)c2ccccc21. The van der Waals surface area contributed by atoms with Crippen LogP contribution in [0.1, 0.15) is 42.5 Å². The van der Waals surface area contributed by atoms with E-state index in [2.05, 4.69) is 193 Å². The molecule has 244 valence electrons. The quantitative estimate of drug-likeness (QED) is 0.179. The van der Waals surface area contributed by atoms with Crippen LogP contribution >= 0.6 is 0 Å². The van der Waals surface area contributed by atoms with E-state index < -0.39 is 0 Å². The molecule has 0 aliphatic heterocycles. The highest BCUT2D eigenvalue weighted by Gasteiger charge is 2.40. The molecule has 8 aromatic rings. The van der Waals surface area contributed by atoms with Gasteiger partial charge >= 0.3 is 0 Å². The number of aryl methyl sites for hydroxylation is 1. The average Bonchev–Trinajstić information content (AvgIpc) is 3.64. The Labute approximate surface area is 299 Å². The molecule has 0 atom stereocenters. The normalized spacial score (nSPS) is 14.4. The highest BCUT2D eigenvalue weighted by atomic mass is 15.1. The van der Waals surface area contributed by atoms with Crippen molar-refractivity contribution in [2.75, 3.05) is 4.90 Å². The number of aromatic nitrogens is 1. The fraction of sp³-hybridized carbons (Fsp3) is 0.102. The summed E-state index contributed by atoms with van der Waals surface area (Å²) in [5.41, 5.74) is 18.2. The molecule has 0 bridgehead atoms. The van der Waals surface area contributed by atoms with E-state index in [1.807, 2.05) is 0 Å². The lowest BCUT2D eigenvalue weighted by molar-refractivity contribution is 0.604. The lowest BCUT2D eigenvalue weighted by atomic mass is 9.76. The summed E-state index contributed by atoms with van der Waals surface area (Å²) in [4.78, 5) is 2.48. The van der Waals surface area contributed by atoms with Crippen LogP contribution in [0.2, 0.25) is 0 Å². The van der Waals surface area contributed by atoms with Crippen LogP contribution in [-0.4, -0.2) is 4.57 Å². The van der Waals surface area contributed by atoms with E-state index in [1.165, 1.54) is 66.4 Å². The molecule has 0 radical (unpaired) electrons. The van der Waals surface area contributed by atoms with Crippen molar-refractivity contribution in [1.29, 1.82) is 0 Å². The van der Waals surface area contributed by atoms with Crippen LogP contribution in [0, 0.1) is 0 Å². The monoisotopic (exact) mass is 654 g/mol. The summed E-state index contributed by atoms with van der Waals surface area (Å²) in [5.74, 6) is 0. The third kappa shape index (κ3) is 4.56. The Morgan fingerprint density at radius 2 is 1.16 bits per heavy atom. The molecule has 2 aliphatic rings. The minimum Gasteiger partial charge on any atom is -0.310 e. The number of benzene rings is 7. The van der Waals surface area contributed by atoms with Crippen LogP contribution in [0.3, 0.4) is 0 Å². The minimum atomic E-state index is 0.0512. The van der Waals surface area contributed by atoms with Crippen molar-refractivity contribution in [3.8, 4) is 16.8 Å². The molecule has 1 heterocycles. The molecule has 0 saturated heterocycles. The van der Waals surface area contributed by atoms with Gasteiger partial charge < -0.3 is 9.47 Å². The van der Waals surface area contributed by atoms with Crippen LogP contribution < -0.4 is 4.90 Å². The maximum atomic E-state index is 2.48. The molecule has 0 N–H and O–H groups in total. The highest BCUT2D eigenvalue weighted by Crippen LogP contribution is 2.54. The molecule has 0 spiro atoms. The standard InChI is InChI=1S/C49H38N2/c1-49(2)43-22-12-9-21-42(43)48-39-28-26-36(31-34(39)25-30-44(48)49)50(45-23-13-10-19-38(45)33-15-5-3-6-16-33)37-27-29-41-40-20-11-14-24-46(40)51(47(41)32-37)35-17-7-4-8-18-35/h3-24,26-29,31-32H,25,30H2,1-2H3. The number of rotatable bonds is 5. The van der Waals surface area contributed by atoms with E-state index in [1.54, 1.807) is 5.57 Å². The Morgan fingerprint density at radius 1 is 0.510 bits per heavy atom. The van der Waals surface area contributed by atoms with Crippen LogP contribution in [0.4, 0.5) is 17.1 Å². The lowest BCUT2D eigenvalue weighted by Gasteiger charge is -2.31. The number of nitrogens with zero attached hydrogens (tertiary/aromatic N) is 2. The van der Waals surface area contributed by atoms with Gasteiger partial charge in [-0.05, 0) is 94.8 Å². The number of anilines is 3. The van der Waals surface area contributed by atoms with E-state index in [-0.39, 0.29) is 5.41 Å². The number of hydrogen-bond donors (Lipinski definition) is 0. The molecule has 2 aliphatic carbocycles. The van der Waals surface area contributed by atoms with Crippen molar-refractivity contribution < 1.29 is 0 Å². The number of para-hydroxylation sites is 3. The van der Waals surface area contributed by atoms with Crippen molar-refractivity contribution in [2.45, 2.75) is 32.1 Å². The summed E-state index contributed by atoms with van der Waals surface area (Å²) in [6, 6.07) is 62.4. The molecule has 2 nitrogen and oxygen atoms in total. The first-order valence-corrected chi connectivity index (χ1v) is 18.1. The zero-order chi connectivity index (χ0) is 34.1. The second-order valence-corrected chi connectivity index (χ2v) is 14.5. The van der Waals surface area contributed by atoms with Gasteiger partial charge in [0.15, 0.2) is 0 Å². The molecule has 7 aromatic carbocycles. The van der Waals surface area contributed by atoms with Gasteiger partial charge in [0.2, 0.25) is 0 Å². The first kappa shape index (κ1) is 29.8. The second kappa shape index (κ2) is 11.5. The zero-order valence-electron chi connectivity index (χ0n) is 29.0. The molecule has 2 heteroatoms. The predicted molar refractivity (Wildman–Crippen MR) is 215 cm³/mol. The van der Waals surface area contributed by atoms with Crippen LogP contribution in [0.5, 0.6) is 0 Å². The molecule has 0 saturated carbocycles. The Hall–Kier alpha value is -6.12. The van der Waals surface area contributed by atoms with Gasteiger partial charge in [-0.25, -0.2) is 0 Å². The van der Waals surface area contributed by atoms with E-state index >= 15 is 0 Å². The topological polar surface area (TPSA) is 8.17 Å². The Morgan fingerprint density at radius 3 is 2.00 bits per heavy atom. The molecule has 10 rings (SSSR count). The van der Waals surface area contributed by atoms with Gasteiger partial charge in [0.1, 0.15) is 0 Å². The van der Waals surface area contributed by atoms with Gasteiger partial charge in [-0.1, -0.05) is 141 Å². The number of fused-ring (bicyclic) bond motifs is 7. The fourth-order valence-electron chi connectivity index (χ4n) is 8.97. The smallest absolute Gasteiger partial charge is 0.0561 e. The second-order valence-electron chi connectivity index (χ2n) is 14.5. The van der Waals surface area contributed by atoms with Gasteiger partial charge in [0.25, 0.3) is 0 Å². The summed E-state index contributed by atoms with van der Waals surface area (Å²) in [5, 5.41) is 2.51. The van der Waals surface area contributed by atoms with Crippen molar-refractivity contribution in [1.82, 2.24) is 4.57 Å². The molecule has 0 amide bonds. The number of hydrogen-bond acceptors (Lipinski definition) is 1. The lowest BCUT2D eigenvalue weighted by Crippen LogP contribution is -2.19. The molecule has 51 heavy (non-hydrogen) atoms. The largest absolute Gasteiger partial charge is 0.310 e. The Balaban J connectivity index is 1.21. The summed E-state index contributed by atoms with van der Waals surface area (Å²) in [6.07, 6.45) is 2.12. The fourth-order valence-corrected chi connectivity index (χ4v) is 8.97. The van der Waals surface area contributed by atoms with Crippen molar-refractivity contribution >= 4 is 44.4 Å². The van der Waals surface area contributed by atoms with E-state index in [4.69, 9.17) is 0 Å². The predicted octanol–water partition coefficient (Wildman–Crippen LogP) is 13.0. The van der Waals surface area contributed by atoms with Crippen molar-refractivity contribution in [3.05, 3.63) is 198 Å². The van der Waals surface area contributed by atoms with E-state index in [0.29, 0.717) is 0 Å². The van der Waals surface area contributed by atoms with E-state index in [9.17, 15) is 0 Å². The van der Waals surface area contributed by atoms with Crippen LogP contribution in [0.15, 0.2) is 175 Å². The van der Waals surface area contributed by atoms with Gasteiger partial charge in [0.05, 0.1) is 16.7 Å². The average molecular weight is 655 g/mol. The van der Waals surface area contributed by atoms with Crippen LogP contribution in [0.25, 0.3) is 44.2 Å². The summed E-state index contributed by atoms with van der Waals surface area (Å²) < 4.78 is 2.41. The van der Waals surface area contributed by atoms with Gasteiger partial charge in [-0.3, -0.25) is 0 Å². The van der Waals surface area contributed by atoms with Crippen molar-refractivity contribution in [2.24, 2.45) is 0 Å². The summed E-state index contributed by atoms with van der Waals surface area (Å²) >= 11 is 0. The molecular weight excluding hydrogens is 617 g/mol. The molecular formula is C49H38N2. The minimum absolute atomic E-state index is 0.0512. The maximum absolute atomic E-state index is 2.48. The van der Waals surface area contributed by atoms with Gasteiger partial charge in [-0.15, -0.1) is 0 Å². The van der Waals surface area contributed by atoms with E-state index in [0.717, 1.165) is 29.9 Å². The summed E-state index contributed by atoms with van der Waals surface area (Å²) in [7, 11) is 0. The summed E-state index contributed by atoms with van der Waals surface area (Å²) in [6.45, 7) is 4.81. The first-order chi connectivity index (χ1) is 25.1. The third-order valence-electron chi connectivity index (χ3n) is 11.3.